The van der Waals surface area contributed by atoms with Crippen molar-refractivity contribution in [2.45, 2.75) is 30.9 Å². The number of ether oxygens (including phenoxy) is 1. The fourth-order valence-electron chi connectivity index (χ4n) is 6.54. The molecule has 2 saturated carbocycles. The number of carbonyl (C=O) groups is 6. The largest absolute Gasteiger partial charge is 0.507 e. The minimum Gasteiger partial charge on any atom is -0.507 e. The van der Waals surface area contributed by atoms with Crippen LogP contribution in [0.25, 0.3) is 6.08 Å². The maximum Gasteiger partial charge on any atom is 0.330 e. The Morgan fingerprint density at radius 2 is 1.80 bits per heavy atom. The van der Waals surface area contributed by atoms with E-state index in [-0.39, 0.29) is 30.8 Å². The molecule has 6 atom stereocenters. The lowest BCUT2D eigenvalue weighted by Crippen LogP contribution is -2.74. The second-order valence-corrected chi connectivity index (χ2v) is 11.5. The molecule has 41 heavy (non-hydrogen) atoms. The van der Waals surface area contributed by atoms with Gasteiger partial charge in [-0.1, -0.05) is 6.07 Å². The third-order valence-corrected chi connectivity index (χ3v) is 8.37. The van der Waals surface area contributed by atoms with Crippen LogP contribution < -0.4 is 5.73 Å². The molecule has 0 saturated heterocycles. The number of esters is 1. The molecule has 0 radical (unpaired) electrons. The highest BCUT2D eigenvalue weighted by molar-refractivity contribution is 6.32. The van der Waals surface area contributed by atoms with E-state index in [2.05, 4.69) is 0 Å². The molecule has 0 bridgehead atoms. The lowest BCUT2D eigenvalue weighted by Gasteiger charge is -2.52. The molecule has 1 amide bonds. The first-order valence-electron chi connectivity index (χ1n) is 13.4. The van der Waals surface area contributed by atoms with Gasteiger partial charge in [0.15, 0.2) is 34.7 Å². The van der Waals surface area contributed by atoms with E-state index in [1.807, 2.05) is 19.0 Å². The van der Waals surface area contributed by atoms with Gasteiger partial charge in [0.1, 0.15) is 5.75 Å². The molecule has 0 aliphatic heterocycles. The molecule has 2 fully saturated rings. The number of rotatable bonds is 8. The number of primary amides is 1. The van der Waals surface area contributed by atoms with E-state index in [0.29, 0.717) is 17.5 Å². The molecule has 1 aromatic carbocycles. The molecule has 0 spiro atoms. The maximum atomic E-state index is 13.8. The summed E-state index contributed by atoms with van der Waals surface area (Å²) in [6.07, 6.45) is 3.37. The number of likely N-dealkylation sites (N-methyl/N-ethyl adjacent to an activating group) is 1. The van der Waals surface area contributed by atoms with Crippen molar-refractivity contribution in [3.63, 3.8) is 0 Å². The fourth-order valence-corrected chi connectivity index (χ4v) is 6.54. The lowest BCUT2D eigenvalue weighted by atomic mass is 9.52. The van der Waals surface area contributed by atoms with E-state index in [4.69, 9.17) is 10.5 Å². The van der Waals surface area contributed by atoms with Gasteiger partial charge in [0.25, 0.3) is 0 Å². The van der Waals surface area contributed by atoms with Crippen LogP contribution in [-0.4, -0.2) is 108 Å². The Kier molecular flexibility index (Phi) is 8.30. The highest BCUT2D eigenvalue weighted by atomic mass is 16.5. The first kappa shape index (κ1) is 30.2. The van der Waals surface area contributed by atoms with Crippen molar-refractivity contribution in [1.82, 2.24) is 9.80 Å². The van der Waals surface area contributed by atoms with Gasteiger partial charge in [-0.2, -0.15) is 0 Å². The molecular formula is C29H35N3O9. The fraction of sp³-hybridized carbons (Fsp3) is 0.517. The summed E-state index contributed by atoms with van der Waals surface area (Å²) in [6.45, 7) is 0.974. The predicted molar refractivity (Wildman–Crippen MR) is 145 cm³/mol. The van der Waals surface area contributed by atoms with Crippen LogP contribution in [0.1, 0.15) is 34.3 Å². The maximum absolute atomic E-state index is 13.8. The topological polar surface area (TPSA) is 185 Å². The van der Waals surface area contributed by atoms with Crippen molar-refractivity contribution in [2.24, 2.45) is 29.4 Å². The zero-order valence-corrected chi connectivity index (χ0v) is 23.5. The summed E-state index contributed by atoms with van der Waals surface area (Å²) in [5, 5.41) is 22.2. The van der Waals surface area contributed by atoms with Crippen molar-refractivity contribution in [3.8, 4) is 5.75 Å². The Bertz CT molecular complexity index is 1350. The highest BCUT2D eigenvalue weighted by Gasteiger charge is 2.69. The van der Waals surface area contributed by atoms with E-state index in [9.17, 15) is 39.0 Å². The molecular weight excluding hydrogens is 534 g/mol. The summed E-state index contributed by atoms with van der Waals surface area (Å²) >= 11 is 0. The van der Waals surface area contributed by atoms with Crippen molar-refractivity contribution in [3.05, 3.63) is 34.9 Å². The van der Waals surface area contributed by atoms with E-state index in [0.717, 1.165) is 6.54 Å². The first-order chi connectivity index (χ1) is 19.2. The molecule has 0 aromatic heterocycles. The summed E-state index contributed by atoms with van der Waals surface area (Å²) < 4.78 is 5.21. The number of nitrogens with two attached hydrogens (primary N) is 1. The van der Waals surface area contributed by atoms with Gasteiger partial charge in [-0.25, -0.2) is 4.79 Å². The number of aliphatic hydroxyl groups is 1. The summed E-state index contributed by atoms with van der Waals surface area (Å²) in [5.41, 5.74) is 3.26. The number of benzene rings is 1. The molecule has 1 aromatic rings. The smallest absolute Gasteiger partial charge is 0.330 e. The second-order valence-electron chi connectivity index (χ2n) is 11.5. The Morgan fingerprint density at radius 1 is 1.12 bits per heavy atom. The number of hydrogen-bond acceptors (Lipinski definition) is 11. The molecule has 4 N–H and O–H groups in total. The van der Waals surface area contributed by atoms with E-state index < -0.39 is 70.3 Å². The van der Waals surface area contributed by atoms with Gasteiger partial charge < -0.3 is 25.6 Å². The number of aromatic hydroxyl groups is 1. The van der Waals surface area contributed by atoms with Gasteiger partial charge in [0.2, 0.25) is 5.91 Å². The number of phenolic OH excluding ortho intramolecular Hbond substituents is 1. The van der Waals surface area contributed by atoms with Gasteiger partial charge >= 0.3 is 5.97 Å². The van der Waals surface area contributed by atoms with Gasteiger partial charge in [-0.15, -0.1) is 0 Å². The van der Waals surface area contributed by atoms with E-state index in [1.54, 1.807) is 0 Å². The van der Waals surface area contributed by atoms with Crippen LogP contribution in [0.5, 0.6) is 5.75 Å². The van der Waals surface area contributed by atoms with Crippen LogP contribution in [0, 0.1) is 23.7 Å². The highest BCUT2D eigenvalue weighted by Crippen LogP contribution is 2.51. The Labute approximate surface area is 237 Å². The zero-order valence-electron chi connectivity index (χ0n) is 23.5. The van der Waals surface area contributed by atoms with Crippen molar-refractivity contribution >= 4 is 41.1 Å². The number of Topliss-reactive ketones (excluding diaryl/α,β-unsaturated/α-hetero) is 4. The minimum atomic E-state index is -2.78. The third kappa shape index (κ3) is 5.11. The molecule has 3 aliphatic rings. The summed E-state index contributed by atoms with van der Waals surface area (Å²) in [4.78, 5) is 81.8. The lowest BCUT2D eigenvalue weighted by molar-refractivity contribution is -0.181. The van der Waals surface area contributed by atoms with Gasteiger partial charge in [0.05, 0.1) is 24.1 Å². The Morgan fingerprint density at radius 3 is 2.41 bits per heavy atom. The van der Waals surface area contributed by atoms with Crippen LogP contribution in [0.3, 0.4) is 0 Å². The SMILES string of the molecule is CN(C)CCCOC(=O)C=Cc1ccc(O)c2c1C[C@H]1C[C@H]3[C@H](N(C)C)C(=O)C(C(N)=O)C(=O)[C@@]3(O)C(=O)C1C2=O. The Balaban J connectivity index is 1.69. The summed E-state index contributed by atoms with van der Waals surface area (Å²) in [6, 6.07) is 1.62. The third-order valence-electron chi connectivity index (χ3n) is 8.37. The average Bonchev–Trinajstić information content (AvgIpc) is 2.87. The molecule has 4 rings (SSSR count). The van der Waals surface area contributed by atoms with Crippen LogP contribution in [-0.2, 0) is 35.1 Å². The second kappa shape index (κ2) is 11.3. The van der Waals surface area contributed by atoms with Crippen molar-refractivity contribution < 1.29 is 43.7 Å². The van der Waals surface area contributed by atoms with Crippen molar-refractivity contribution in [2.75, 3.05) is 41.3 Å². The van der Waals surface area contributed by atoms with Crippen LogP contribution in [0.15, 0.2) is 18.2 Å². The Hall–Kier alpha value is -3.74. The van der Waals surface area contributed by atoms with Gasteiger partial charge in [0, 0.05) is 18.5 Å². The molecule has 2 unspecified atom stereocenters. The number of nitrogens with zero attached hydrogens (tertiary/aromatic N) is 2. The molecule has 220 valence electrons. The zero-order chi connectivity index (χ0) is 30.4. The minimum absolute atomic E-state index is 0.0589. The predicted octanol–water partition coefficient (Wildman–Crippen LogP) is -0.625. The number of fused-ring (bicyclic) bond motifs is 3. The number of amides is 1. The number of ketones is 4. The van der Waals surface area contributed by atoms with Crippen LogP contribution in [0.2, 0.25) is 0 Å². The molecule has 0 heterocycles. The van der Waals surface area contributed by atoms with E-state index >= 15 is 0 Å². The molecule has 3 aliphatic carbocycles. The van der Waals surface area contributed by atoms with Crippen LogP contribution >= 0.6 is 0 Å². The quantitative estimate of drug-likeness (QED) is 0.157. The summed E-state index contributed by atoms with van der Waals surface area (Å²) in [7, 11) is 6.86. The van der Waals surface area contributed by atoms with E-state index in [1.165, 1.54) is 43.3 Å². The molecule has 12 nitrogen and oxygen atoms in total. The standard InChI is InChI=1S/C29H35N3O9/c1-31(2)10-5-11-41-19(34)9-7-14-6-8-18(33)21-16(14)12-15-13-17-23(32(3)4)25(36)22(28(30)39)27(38)29(17,40)26(37)20(15)24(21)35/h6-9,15,17,20,22-23,33,40H,5,10-13H2,1-4H3,(H2,30,39)/t15-,17-,20?,22?,23-,29-/m0/s1. The average molecular weight is 570 g/mol. The van der Waals surface area contributed by atoms with Gasteiger partial charge in [-0.3, -0.25) is 28.9 Å². The van der Waals surface area contributed by atoms with Crippen LogP contribution in [0.4, 0.5) is 0 Å². The number of phenols is 1. The molecule has 12 heteroatoms. The number of carbonyl (C=O) groups excluding carboxylic acids is 6. The van der Waals surface area contributed by atoms with Crippen molar-refractivity contribution in [1.29, 1.82) is 0 Å². The van der Waals surface area contributed by atoms with Gasteiger partial charge in [-0.05, 0) is 76.6 Å². The number of hydrogen-bond donors (Lipinski definition) is 3. The summed E-state index contributed by atoms with van der Waals surface area (Å²) in [5.74, 6) is -11.7. The monoisotopic (exact) mass is 569 g/mol. The normalized spacial score (nSPS) is 29.5. The first-order valence-corrected chi connectivity index (χ1v) is 13.4.